The number of aromatic hydroxyl groups is 1. The fourth-order valence-electron chi connectivity index (χ4n) is 3.28. The Morgan fingerprint density at radius 1 is 1.07 bits per heavy atom. The van der Waals surface area contributed by atoms with Crippen LogP contribution in [0.3, 0.4) is 0 Å². The predicted molar refractivity (Wildman–Crippen MR) is 121 cm³/mol. The standard InChI is InChI=1S/C25H33NO3/c1-8-29-23-17(11-14-20(27)16-9-12-18(26)13-10-16)15-19(24(2,3)4)22(28)21(23)25(5,6)7/h9-15,28H,8,26H2,1-7H3/b14-11+. The molecule has 4 nitrogen and oxygen atoms in total. The van der Waals surface area contributed by atoms with Crippen LogP contribution in [0.25, 0.3) is 6.08 Å². The van der Waals surface area contributed by atoms with E-state index in [1.54, 1.807) is 36.4 Å². The van der Waals surface area contributed by atoms with Crippen LogP contribution in [-0.4, -0.2) is 17.5 Å². The number of phenolic OH excluding ortho intramolecular Hbond substituents is 1. The van der Waals surface area contributed by atoms with E-state index in [0.29, 0.717) is 23.6 Å². The van der Waals surface area contributed by atoms with Crippen molar-refractivity contribution in [2.45, 2.75) is 59.3 Å². The number of allylic oxidation sites excluding steroid dienone is 1. The Hall–Kier alpha value is -2.75. The summed E-state index contributed by atoms with van der Waals surface area (Å²) in [5.41, 5.74) is 8.65. The van der Waals surface area contributed by atoms with E-state index in [9.17, 15) is 9.90 Å². The Labute approximate surface area is 174 Å². The number of hydrogen-bond donors (Lipinski definition) is 2. The summed E-state index contributed by atoms with van der Waals surface area (Å²) in [4.78, 5) is 12.6. The van der Waals surface area contributed by atoms with Gasteiger partial charge in [0.2, 0.25) is 0 Å². The smallest absolute Gasteiger partial charge is 0.185 e. The third kappa shape index (κ3) is 5.20. The highest BCUT2D eigenvalue weighted by atomic mass is 16.5. The number of carbonyl (C=O) groups excluding carboxylic acids is 1. The average molecular weight is 396 g/mol. The highest BCUT2D eigenvalue weighted by Crippen LogP contribution is 2.46. The van der Waals surface area contributed by atoms with Crippen LogP contribution in [0, 0.1) is 0 Å². The summed E-state index contributed by atoms with van der Waals surface area (Å²) < 4.78 is 5.96. The van der Waals surface area contributed by atoms with E-state index in [2.05, 4.69) is 20.8 Å². The van der Waals surface area contributed by atoms with Gasteiger partial charge in [-0.05, 0) is 60.2 Å². The second-order valence-electron chi connectivity index (χ2n) is 9.32. The highest BCUT2D eigenvalue weighted by molar-refractivity contribution is 6.07. The zero-order chi connectivity index (χ0) is 22.0. The fraction of sp³-hybridized carbons (Fsp3) is 0.400. The molecule has 0 aliphatic heterocycles. The van der Waals surface area contributed by atoms with Gasteiger partial charge in [-0.1, -0.05) is 41.5 Å². The lowest BCUT2D eigenvalue weighted by atomic mass is 9.77. The molecule has 0 amide bonds. The topological polar surface area (TPSA) is 72.5 Å². The van der Waals surface area contributed by atoms with Crippen LogP contribution in [-0.2, 0) is 10.8 Å². The summed E-state index contributed by atoms with van der Waals surface area (Å²) in [5, 5.41) is 11.1. The molecule has 0 atom stereocenters. The summed E-state index contributed by atoms with van der Waals surface area (Å²) in [6, 6.07) is 8.76. The largest absolute Gasteiger partial charge is 0.507 e. The number of ether oxygens (including phenoxy) is 1. The number of ketones is 1. The van der Waals surface area contributed by atoms with Crippen molar-refractivity contribution in [2.75, 3.05) is 12.3 Å². The Bertz CT molecular complexity index is 911. The molecule has 2 rings (SSSR count). The minimum Gasteiger partial charge on any atom is -0.507 e. The van der Waals surface area contributed by atoms with Gasteiger partial charge in [-0.15, -0.1) is 0 Å². The van der Waals surface area contributed by atoms with Gasteiger partial charge in [-0.3, -0.25) is 4.79 Å². The maximum Gasteiger partial charge on any atom is 0.185 e. The van der Waals surface area contributed by atoms with Gasteiger partial charge < -0.3 is 15.6 Å². The second kappa shape index (κ2) is 8.32. The Morgan fingerprint density at radius 3 is 2.14 bits per heavy atom. The molecule has 3 N–H and O–H groups in total. The predicted octanol–water partition coefficient (Wildman–Crippen LogP) is 5.86. The monoisotopic (exact) mass is 395 g/mol. The van der Waals surface area contributed by atoms with Gasteiger partial charge in [0.05, 0.1) is 6.61 Å². The third-order valence-corrected chi connectivity index (χ3v) is 4.74. The van der Waals surface area contributed by atoms with Crippen molar-refractivity contribution in [3.8, 4) is 11.5 Å². The van der Waals surface area contributed by atoms with E-state index in [-0.39, 0.29) is 22.4 Å². The second-order valence-corrected chi connectivity index (χ2v) is 9.32. The van der Waals surface area contributed by atoms with Crippen LogP contribution < -0.4 is 10.5 Å². The summed E-state index contributed by atoms with van der Waals surface area (Å²) in [7, 11) is 0. The van der Waals surface area contributed by atoms with E-state index in [1.165, 1.54) is 0 Å². The number of nitrogen functional groups attached to an aromatic ring is 1. The van der Waals surface area contributed by atoms with Gasteiger partial charge >= 0.3 is 0 Å². The Balaban J connectivity index is 2.65. The molecular weight excluding hydrogens is 362 g/mol. The van der Waals surface area contributed by atoms with Crippen LogP contribution in [0.1, 0.15) is 75.5 Å². The molecule has 0 unspecified atom stereocenters. The van der Waals surface area contributed by atoms with Crippen molar-refractivity contribution in [3.05, 3.63) is 58.7 Å². The number of rotatable bonds is 5. The quantitative estimate of drug-likeness (QED) is 0.377. The van der Waals surface area contributed by atoms with Crippen LogP contribution >= 0.6 is 0 Å². The molecule has 29 heavy (non-hydrogen) atoms. The lowest BCUT2D eigenvalue weighted by Gasteiger charge is -2.30. The molecule has 0 aromatic heterocycles. The summed E-state index contributed by atoms with van der Waals surface area (Å²) in [6.45, 7) is 14.7. The molecule has 0 spiro atoms. The molecule has 2 aromatic carbocycles. The molecule has 0 aliphatic rings. The van der Waals surface area contributed by atoms with Crippen LogP contribution in [0.2, 0.25) is 0 Å². The first-order chi connectivity index (χ1) is 13.4. The number of anilines is 1. The Kier molecular flexibility index (Phi) is 6.46. The van der Waals surface area contributed by atoms with Gasteiger partial charge in [0.25, 0.3) is 0 Å². The van der Waals surface area contributed by atoms with Crippen LogP contribution in [0.15, 0.2) is 36.4 Å². The third-order valence-electron chi connectivity index (χ3n) is 4.74. The zero-order valence-electron chi connectivity index (χ0n) is 18.6. The SMILES string of the molecule is CCOc1c(/C=C/C(=O)c2ccc(N)cc2)cc(C(C)(C)C)c(O)c1C(C)(C)C. The number of benzene rings is 2. The van der Waals surface area contributed by atoms with Gasteiger partial charge in [0.1, 0.15) is 11.5 Å². The van der Waals surface area contributed by atoms with E-state index < -0.39 is 0 Å². The molecule has 0 saturated carbocycles. The summed E-state index contributed by atoms with van der Waals surface area (Å²) in [5.74, 6) is 0.762. The number of hydrogen-bond acceptors (Lipinski definition) is 4. The molecule has 4 heteroatoms. The van der Waals surface area contributed by atoms with E-state index >= 15 is 0 Å². The number of nitrogens with two attached hydrogens (primary N) is 1. The molecule has 156 valence electrons. The van der Waals surface area contributed by atoms with Gasteiger partial charge in [0, 0.05) is 27.9 Å². The van der Waals surface area contributed by atoms with Crippen molar-refractivity contribution in [1.29, 1.82) is 0 Å². The number of phenols is 1. The lowest BCUT2D eigenvalue weighted by Crippen LogP contribution is -2.19. The minimum atomic E-state index is -0.334. The first-order valence-corrected chi connectivity index (χ1v) is 9.98. The molecule has 0 heterocycles. The zero-order valence-corrected chi connectivity index (χ0v) is 18.6. The molecule has 0 radical (unpaired) electrons. The van der Waals surface area contributed by atoms with Crippen LogP contribution in [0.5, 0.6) is 11.5 Å². The lowest BCUT2D eigenvalue weighted by molar-refractivity contribution is 0.104. The first-order valence-electron chi connectivity index (χ1n) is 9.98. The normalized spacial score (nSPS) is 12.4. The fourth-order valence-corrected chi connectivity index (χ4v) is 3.28. The Morgan fingerprint density at radius 2 is 1.66 bits per heavy atom. The van der Waals surface area contributed by atoms with Gasteiger partial charge in [0.15, 0.2) is 5.78 Å². The average Bonchev–Trinajstić information content (AvgIpc) is 2.59. The molecular formula is C25H33NO3. The van der Waals surface area contributed by atoms with Crippen molar-refractivity contribution < 1.29 is 14.6 Å². The number of carbonyl (C=O) groups is 1. The van der Waals surface area contributed by atoms with Crippen molar-refractivity contribution in [3.63, 3.8) is 0 Å². The summed E-state index contributed by atoms with van der Waals surface area (Å²) in [6.07, 6.45) is 3.31. The molecule has 2 aromatic rings. The highest BCUT2D eigenvalue weighted by Gasteiger charge is 2.31. The maximum absolute atomic E-state index is 12.6. The molecule has 0 bridgehead atoms. The minimum absolute atomic E-state index is 0.116. The van der Waals surface area contributed by atoms with Crippen molar-refractivity contribution >= 4 is 17.5 Å². The van der Waals surface area contributed by atoms with Gasteiger partial charge in [-0.2, -0.15) is 0 Å². The van der Waals surface area contributed by atoms with Crippen LogP contribution in [0.4, 0.5) is 5.69 Å². The van der Waals surface area contributed by atoms with Crippen molar-refractivity contribution in [1.82, 2.24) is 0 Å². The van der Waals surface area contributed by atoms with E-state index in [4.69, 9.17) is 10.5 Å². The summed E-state index contributed by atoms with van der Waals surface area (Å²) >= 11 is 0. The van der Waals surface area contributed by atoms with E-state index in [1.807, 2.05) is 33.8 Å². The van der Waals surface area contributed by atoms with Crippen molar-refractivity contribution in [2.24, 2.45) is 0 Å². The van der Waals surface area contributed by atoms with Gasteiger partial charge in [-0.25, -0.2) is 0 Å². The molecule has 0 saturated heterocycles. The molecule has 0 aliphatic carbocycles. The first kappa shape index (κ1) is 22.5. The molecule has 0 fully saturated rings. The maximum atomic E-state index is 12.6. The van der Waals surface area contributed by atoms with E-state index in [0.717, 1.165) is 16.7 Å².